The Morgan fingerprint density at radius 3 is 2.28 bits per heavy atom. The number of hydrogen-bond donors (Lipinski definition) is 3. The largest absolute Gasteiger partial charge is 0.352 e. The standard InChI is InChI=1S/C19H27N3O2.ClH/c1-12(23)21-11-13-5-7-17(8-6-13)22-19(24)16-9-14-3-2-4-15(10-16)18(14)20;/h5-8,14-16,18H,2-4,9-11,20H2,1H3,(H,21,23)(H,22,24);1H. The van der Waals surface area contributed by atoms with E-state index < -0.39 is 0 Å². The number of anilines is 1. The van der Waals surface area contributed by atoms with Crippen LogP contribution in [0.25, 0.3) is 0 Å². The average molecular weight is 366 g/mol. The molecule has 6 heteroatoms. The summed E-state index contributed by atoms with van der Waals surface area (Å²) in [5.74, 6) is 1.17. The fourth-order valence-corrected chi connectivity index (χ4v) is 4.18. The van der Waals surface area contributed by atoms with E-state index in [2.05, 4.69) is 10.6 Å². The highest BCUT2D eigenvalue weighted by Gasteiger charge is 2.40. The third-order valence-electron chi connectivity index (χ3n) is 5.55. The summed E-state index contributed by atoms with van der Waals surface area (Å²) < 4.78 is 0. The van der Waals surface area contributed by atoms with Crippen molar-refractivity contribution >= 4 is 29.9 Å². The first-order valence-corrected chi connectivity index (χ1v) is 8.92. The van der Waals surface area contributed by atoms with Gasteiger partial charge in [-0.3, -0.25) is 9.59 Å². The first-order valence-electron chi connectivity index (χ1n) is 8.92. The van der Waals surface area contributed by atoms with Crippen molar-refractivity contribution in [3.05, 3.63) is 29.8 Å². The summed E-state index contributed by atoms with van der Waals surface area (Å²) in [5.41, 5.74) is 8.13. The quantitative estimate of drug-likeness (QED) is 0.767. The average Bonchev–Trinajstić information content (AvgIpc) is 2.53. The predicted octanol–water partition coefficient (Wildman–Crippen LogP) is 2.84. The number of hydrogen-bond acceptors (Lipinski definition) is 3. The van der Waals surface area contributed by atoms with Gasteiger partial charge in [0.2, 0.25) is 11.8 Å². The van der Waals surface area contributed by atoms with E-state index in [4.69, 9.17) is 5.73 Å². The lowest BCUT2D eigenvalue weighted by molar-refractivity contribution is -0.122. The van der Waals surface area contributed by atoms with Crippen LogP contribution in [-0.4, -0.2) is 17.9 Å². The molecule has 0 saturated heterocycles. The minimum absolute atomic E-state index is 0. The molecule has 0 spiro atoms. The minimum atomic E-state index is -0.0477. The van der Waals surface area contributed by atoms with Crippen molar-refractivity contribution < 1.29 is 9.59 Å². The van der Waals surface area contributed by atoms with Gasteiger partial charge >= 0.3 is 0 Å². The van der Waals surface area contributed by atoms with Gasteiger partial charge in [0.25, 0.3) is 0 Å². The Labute approximate surface area is 155 Å². The number of fused-ring (bicyclic) bond motifs is 2. The Hall–Kier alpha value is -1.59. The van der Waals surface area contributed by atoms with Gasteiger partial charge < -0.3 is 16.4 Å². The van der Waals surface area contributed by atoms with Crippen molar-refractivity contribution in [1.82, 2.24) is 5.32 Å². The molecule has 4 N–H and O–H groups in total. The van der Waals surface area contributed by atoms with Crippen LogP contribution in [0.15, 0.2) is 24.3 Å². The molecule has 5 nitrogen and oxygen atoms in total. The zero-order valence-electron chi connectivity index (χ0n) is 14.7. The van der Waals surface area contributed by atoms with Gasteiger partial charge in [0.15, 0.2) is 0 Å². The molecule has 2 bridgehead atoms. The van der Waals surface area contributed by atoms with Crippen LogP contribution in [0, 0.1) is 17.8 Å². The topological polar surface area (TPSA) is 84.2 Å². The maximum Gasteiger partial charge on any atom is 0.227 e. The molecule has 1 aromatic rings. The summed E-state index contributed by atoms with van der Waals surface area (Å²) >= 11 is 0. The van der Waals surface area contributed by atoms with Gasteiger partial charge in [-0.05, 0) is 55.2 Å². The molecular formula is C19H28ClN3O2. The number of halogens is 1. The summed E-state index contributed by atoms with van der Waals surface area (Å²) in [6.07, 6.45) is 5.43. The smallest absolute Gasteiger partial charge is 0.227 e. The van der Waals surface area contributed by atoms with Gasteiger partial charge in [-0.25, -0.2) is 0 Å². The number of nitrogens with two attached hydrogens (primary N) is 1. The third kappa shape index (κ3) is 4.95. The molecule has 138 valence electrons. The fourth-order valence-electron chi connectivity index (χ4n) is 4.18. The van der Waals surface area contributed by atoms with E-state index in [1.165, 1.54) is 26.2 Å². The van der Waals surface area contributed by atoms with Crippen molar-refractivity contribution in [2.75, 3.05) is 5.32 Å². The number of rotatable bonds is 4. The Kier molecular flexibility index (Phi) is 6.85. The second-order valence-electron chi connectivity index (χ2n) is 7.29. The van der Waals surface area contributed by atoms with Gasteiger partial charge in [-0.15, -0.1) is 12.4 Å². The van der Waals surface area contributed by atoms with Crippen LogP contribution in [0.5, 0.6) is 0 Å². The maximum atomic E-state index is 12.6. The summed E-state index contributed by atoms with van der Waals surface area (Å²) in [7, 11) is 0. The van der Waals surface area contributed by atoms with Crippen LogP contribution in [0.1, 0.15) is 44.6 Å². The SMILES string of the molecule is CC(=O)NCc1ccc(NC(=O)C2CC3CCCC(C2)C3N)cc1.Cl. The van der Waals surface area contributed by atoms with E-state index in [-0.39, 0.29) is 36.2 Å². The highest BCUT2D eigenvalue weighted by Crippen LogP contribution is 2.42. The van der Waals surface area contributed by atoms with Crippen molar-refractivity contribution in [3.63, 3.8) is 0 Å². The highest BCUT2D eigenvalue weighted by molar-refractivity contribution is 5.92. The fraction of sp³-hybridized carbons (Fsp3) is 0.579. The molecule has 3 rings (SSSR count). The monoisotopic (exact) mass is 365 g/mol. The van der Waals surface area contributed by atoms with Gasteiger partial charge in [0, 0.05) is 31.1 Å². The zero-order chi connectivity index (χ0) is 17.1. The molecule has 1 aromatic carbocycles. The van der Waals surface area contributed by atoms with E-state index in [0.29, 0.717) is 18.4 Å². The molecule has 2 fully saturated rings. The van der Waals surface area contributed by atoms with Crippen LogP contribution < -0.4 is 16.4 Å². The third-order valence-corrected chi connectivity index (χ3v) is 5.55. The van der Waals surface area contributed by atoms with Crippen LogP contribution in [0.4, 0.5) is 5.69 Å². The molecule has 2 aliphatic rings. The van der Waals surface area contributed by atoms with E-state index >= 15 is 0 Å². The molecule has 0 aliphatic heterocycles. The summed E-state index contributed by atoms with van der Waals surface area (Å²) in [4.78, 5) is 23.5. The van der Waals surface area contributed by atoms with Crippen LogP contribution in [0.3, 0.4) is 0 Å². The first-order chi connectivity index (χ1) is 11.5. The molecule has 25 heavy (non-hydrogen) atoms. The van der Waals surface area contributed by atoms with Gasteiger partial charge in [-0.1, -0.05) is 18.6 Å². The molecule has 2 aliphatic carbocycles. The predicted molar refractivity (Wildman–Crippen MR) is 101 cm³/mol. The van der Waals surface area contributed by atoms with E-state index in [1.54, 1.807) is 0 Å². The Balaban J connectivity index is 0.00000225. The van der Waals surface area contributed by atoms with Gasteiger partial charge in [0.1, 0.15) is 0 Å². The van der Waals surface area contributed by atoms with Crippen LogP contribution in [0.2, 0.25) is 0 Å². The lowest BCUT2D eigenvalue weighted by Crippen LogP contribution is -2.48. The lowest BCUT2D eigenvalue weighted by Gasteiger charge is -2.43. The number of carbonyl (C=O) groups is 2. The molecule has 2 saturated carbocycles. The number of amides is 2. The molecule has 0 aromatic heterocycles. The number of carbonyl (C=O) groups excluding carboxylic acids is 2. The Bertz CT molecular complexity index is 591. The van der Waals surface area contributed by atoms with E-state index in [9.17, 15) is 9.59 Å². The summed E-state index contributed by atoms with van der Waals surface area (Å²) in [5, 5.41) is 5.80. The van der Waals surface area contributed by atoms with Gasteiger partial charge in [-0.2, -0.15) is 0 Å². The molecular weight excluding hydrogens is 338 g/mol. The van der Waals surface area contributed by atoms with Crippen molar-refractivity contribution in [1.29, 1.82) is 0 Å². The van der Waals surface area contributed by atoms with Crippen LogP contribution in [-0.2, 0) is 16.1 Å². The Morgan fingerprint density at radius 1 is 1.12 bits per heavy atom. The number of benzene rings is 1. The first kappa shape index (κ1) is 19.7. The number of nitrogens with one attached hydrogen (secondary N) is 2. The van der Waals surface area contributed by atoms with E-state index in [0.717, 1.165) is 24.1 Å². The normalized spacial score (nSPS) is 27.8. The molecule has 0 heterocycles. The van der Waals surface area contributed by atoms with Crippen LogP contribution >= 0.6 is 12.4 Å². The second kappa shape index (κ2) is 8.68. The summed E-state index contributed by atoms with van der Waals surface area (Å²) in [6, 6.07) is 7.93. The molecule has 0 radical (unpaired) electrons. The van der Waals surface area contributed by atoms with Crippen molar-refractivity contribution in [2.24, 2.45) is 23.5 Å². The van der Waals surface area contributed by atoms with Crippen molar-refractivity contribution in [2.45, 2.75) is 51.6 Å². The van der Waals surface area contributed by atoms with Gasteiger partial charge in [0.05, 0.1) is 0 Å². The minimum Gasteiger partial charge on any atom is -0.352 e. The molecule has 2 atom stereocenters. The highest BCUT2D eigenvalue weighted by atomic mass is 35.5. The maximum absolute atomic E-state index is 12.6. The second-order valence-corrected chi connectivity index (χ2v) is 7.29. The summed E-state index contributed by atoms with van der Waals surface area (Å²) in [6.45, 7) is 2.01. The molecule has 2 unspecified atom stereocenters. The van der Waals surface area contributed by atoms with E-state index in [1.807, 2.05) is 24.3 Å². The lowest BCUT2D eigenvalue weighted by atomic mass is 9.65. The Morgan fingerprint density at radius 2 is 1.72 bits per heavy atom. The zero-order valence-corrected chi connectivity index (χ0v) is 15.5. The van der Waals surface area contributed by atoms with Crippen molar-refractivity contribution in [3.8, 4) is 0 Å². The molecule has 2 amide bonds.